The van der Waals surface area contributed by atoms with Gasteiger partial charge in [0.1, 0.15) is 0 Å². The second kappa shape index (κ2) is 13.5. The Balaban J connectivity index is 0.994. The highest BCUT2D eigenvalue weighted by molar-refractivity contribution is 7.99. The van der Waals surface area contributed by atoms with Crippen LogP contribution in [0.2, 0.25) is 0 Å². The fourth-order valence-electron chi connectivity index (χ4n) is 6.53. The molecule has 0 unspecified atom stereocenters. The molecule has 3 aromatic heterocycles. The summed E-state index contributed by atoms with van der Waals surface area (Å²) in [4.78, 5) is 20.6. The van der Waals surface area contributed by atoms with Crippen LogP contribution in [0.5, 0.6) is 0 Å². The van der Waals surface area contributed by atoms with Gasteiger partial charge < -0.3 is 0 Å². The first-order valence-electron chi connectivity index (χ1n) is 16.8. The lowest BCUT2D eigenvalue weighted by Crippen LogP contribution is -1.92. The molecule has 0 fully saturated rings. The summed E-state index contributed by atoms with van der Waals surface area (Å²) in [5.74, 6) is 0. The summed E-state index contributed by atoms with van der Waals surface area (Å²) in [5, 5.41) is 0. The first-order valence-corrected chi connectivity index (χ1v) is 17.7. The number of hydrogen-bond donors (Lipinski definition) is 0. The summed E-state index contributed by atoms with van der Waals surface area (Å²) >= 11 is 1.78. The molecule has 8 aromatic rings. The minimum atomic E-state index is 0.907. The van der Waals surface area contributed by atoms with Crippen molar-refractivity contribution >= 4 is 23.7 Å². The number of para-hydroxylation sites is 1. The van der Waals surface area contributed by atoms with Crippen LogP contribution in [0.3, 0.4) is 0 Å². The zero-order valence-electron chi connectivity index (χ0n) is 27.5. The average molecular weight is 671 g/mol. The van der Waals surface area contributed by atoms with Gasteiger partial charge >= 0.3 is 0 Å². The Kier molecular flexibility index (Phi) is 8.08. The largest absolute Gasteiger partial charge is 0.265 e. The van der Waals surface area contributed by atoms with Crippen molar-refractivity contribution in [2.75, 3.05) is 0 Å². The highest BCUT2D eigenvalue weighted by atomic mass is 32.2. The highest BCUT2D eigenvalue weighted by Crippen LogP contribution is 2.42. The summed E-state index contributed by atoms with van der Waals surface area (Å²) < 4.78 is 0. The van der Waals surface area contributed by atoms with Crippen LogP contribution in [-0.4, -0.2) is 21.2 Å². The van der Waals surface area contributed by atoms with E-state index >= 15 is 0 Å². The van der Waals surface area contributed by atoms with Crippen LogP contribution in [0, 0.1) is 0 Å². The fraction of sp³-hybridized carbons (Fsp3) is 0. The Labute approximate surface area is 301 Å². The van der Waals surface area contributed by atoms with E-state index in [1.807, 2.05) is 36.5 Å². The smallest absolute Gasteiger partial charge is 0.0769 e. The number of aromatic nitrogens is 3. The predicted molar refractivity (Wildman–Crippen MR) is 210 cm³/mol. The van der Waals surface area contributed by atoms with Crippen LogP contribution in [0.1, 0.15) is 5.56 Å². The molecule has 0 aliphatic carbocycles. The molecule has 0 saturated heterocycles. The van der Waals surface area contributed by atoms with Crippen LogP contribution in [0.15, 0.2) is 191 Å². The Morgan fingerprint density at radius 2 is 0.902 bits per heavy atom. The van der Waals surface area contributed by atoms with E-state index in [0.29, 0.717) is 0 Å². The average Bonchev–Trinajstić information content (AvgIpc) is 3.41. The lowest BCUT2D eigenvalue weighted by Gasteiger charge is -2.12. The van der Waals surface area contributed by atoms with Gasteiger partial charge in [0.05, 0.1) is 17.1 Å². The van der Waals surface area contributed by atoms with Crippen molar-refractivity contribution in [1.82, 2.24) is 15.0 Å². The van der Waals surface area contributed by atoms with Crippen molar-refractivity contribution in [3.63, 3.8) is 0 Å². The molecule has 0 radical (unpaired) electrons. The number of pyridine rings is 3. The van der Waals surface area contributed by atoms with Gasteiger partial charge in [-0.15, -0.1) is 0 Å². The standard InChI is InChI=1S/C46H30N4S/c1-2-9-46-42(8-1)49-30-41-40(7-4-10-45(41)51-46)34-17-15-32(16-18-34)38-6-3-5-37(27-38)31-11-13-33(14-12-31)39-28-43(35-19-23-47-24-20-35)50-44(29-39)36-21-25-48-26-22-36/h1-30H. The molecule has 0 saturated carbocycles. The Bertz CT molecular complexity index is 2470. The minimum Gasteiger partial charge on any atom is -0.265 e. The van der Waals surface area contributed by atoms with Gasteiger partial charge in [-0.1, -0.05) is 103 Å². The van der Waals surface area contributed by atoms with Crippen LogP contribution in [0.25, 0.3) is 67.0 Å². The van der Waals surface area contributed by atoms with Crippen molar-refractivity contribution in [3.8, 4) is 67.0 Å². The van der Waals surface area contributed by atoms with E-state index in [2.05, 4.69) is 131 Å². The first-order chi connectivity index (χ1) is 25.2. The Hall–Kier alpha value is -6.43. The normalized spacial score (nSPS) is 11.8. The van der Waals surface area contributed by atoms with Crippen molar-refractivity contribution < 1.29 is 0 Å². The summed E-state index contributed by atoms with van der Waals surface area (Å²) in [5.41, 5.74) is 15.3. The lowest BCUT2D eigenvalue weighted by atomic mass is 9.94. The van der Waals surface area contributed by atoms with E-state index in [1.54, 1.807) is 36.5 Å². The zero-order valence-corrected chi connectivity index (χ0v) is 28.3. The number of rotatable bonds is 6. The summed E-state index contributed by atoms with van der Waals surface area (Å²) in [6, 6.07) is 53.6. The monoisotopic (exact) mass is 670 g/mol. The molecular weight excluding hydrogens is 641 g/mol. The van der Waals surface area contributed by atoms with E-state index in [4.69, 9.17) is 9.98 Å². The Morgan fingerprint density at radius 1 is 0.373 bits per heavy atom. The van der Waals surface area contributed by atoms with E-state index in [0.717, 1.165) is 44.9 Å². The SMILES string of the molecule is C1=Nc2ccccc2Sc2cccc(-c3ccc(-c4cccc(-c5ccc(-c6cc(-c7ccncc7)nc(-c7ccncc7)c6)cc5)c4)cc3)c21. The van der Waals surface area contributed by atoms with Gasteiger partial charge in [-0.3, -0.25) is 15.0 Å². The summed E-state index contributed by atoms with van der Waals surface area (Å²) in [6.45, 7) is 0. The molecule has 51 heavy (non-hydrogen) atoms. The third-order valence-electron chi connectivity index (χ3n) is 9.20. The van der Waals surface area contributed by atoms with E-state index < -0.39 is 0 Å². The van der Waals surface area contributed by atoms with Crippen LogP contribution in [-0.2, 0) is 0 Å². The molecule has 240 valence electrons. The molecule has 0 spiro atoms. The third kappa shape index (κ3) is 6.27. The maximum Gasteiger partial charge on any atom is 0.0769 e. The minimum absolute atomic E-state index is 0.907. The van der Waals surface area contributed by atoms with Crippen molar-refractivity contribution in [1.29, 1.82) is 0 Å². The van der Waals surface area contributed by atoms with Gasteiger partial charge in [0.25, 0.3) is 0 Å². The molecule has 0 amide bonds. The predicted octanol–water partition coefficient (Wildman–Crippen LogP) is 12.1. The summed E-state index contributed by atoms with van der Waals surface area (Å²) in [6.07, 6.45) is 9.23. The number of aliphatic imine (C=N–C) groups is 1. The molecule has 5 aromatic carbocycles. The highest BCUT2D eigenvalue weighted by Gasteiger charge is 2.15. The maximum absolute atomic E-state index is 4.99. The zero-order chi connectivity index (χ0) is 34.0. The summed E-state index contributed by atoms with van der Waals surface area (Å²) in [7, 11) is 0. The molecule has 4 nitrogen and oxygen atoms in total. The molecule has 1 aliphatic heterocycles. The van der Waals surface area contributed by atoms with Crippen molar-refractivity contribution in [3.05, 3.63) is 182 Å². The van der Waals surface area contributed by atoms with Crippen LogP contribution in [0.4, 0.5) is 5.69 Å². The molecule has 9 rings (SSSR count). The van der Waals surface area contributed by atoms with E-state index in [9.17, 15) is 0 Å². The number of hydrogen-bond acceptors (Lipinski definition) is 5. The second-order valence-corrected chi connectivity index (χ2v) is 13.5. The number of benzene rings is 5. The van der Waals surface area contributed by atoms with Gasteiger partial charge in [-0.25, -0.2) is 4.98 Å². The molecule has 0 N–H and O–H groups in total. The van der Waals surface area contributed by atoms with Gasteiger partial charge in [0.2, 0.25) is 0 Å². The number of nitrogens with zero attached hydrogens (tertiary/aromatic N) is 4. The molecular formula is C46H30N4S. The van der Waals surface area contributed by atoms with Gasteiger partial charge in [0, 0.05) is 57.5 Å². The molecule has 0 bridgehead atoms. The Morgan fingerprint density at radius 3 is 1.53 bits per heavy atom. The van der Waals surface area contributed by atoms with Crippen molar-refractivity contribution in [2.24, 2.45) is 4.99 Å². The fourth-order valence-corrected chi connectivity index (χ4v) is 7.56. The second-order valence-electron chi connectivity index (χ2n) is 12.4. The molecule has 5 heteroatoms. The topological polar surface area (TPSA) is 51.0 Å². The van der Waals surface area contributed by atoms with Gasteiger partial charge in [0.15, 0.2) is 0 Å². The van der Waals surface area contributed by atoms with E-state index in [-0.39, 0.29) is 0 Å². The van der Waals surface area contributed by atoms with E-state index in [1.165, 1.54) is 43.2 Å². The first kappa shape index (κ1) is 30.6. The molecule has 4 heterocycles. The van der Waals surface area contributed by atoms with Crippen LogP contribution < -0.4 is 0 Å². The van der Waals surface area contributed by atoms with Crippen LogP contribution >= 0.6 is 11.8 Å². The van der Waals surface area contributed by atoms with Gasteiger partial charge in [-0.05, 0) is 105 Å². The third-order valence-corrected chi connectivity index (χ3v) is 10.3. The quantitative estimate of drug-likeness (QED) is 0.177. The van der Waals surface area contributed by atoms with Crippen molar-refractivity contribution in [2.45, 2.75) is 9.79 Å². The molecule has 0 atom stereocenters. The maximum atomic E-state index is 4.99. The van der Waals surface area contributed by atoms with Gasteiger partial charge in [-0.2, -0.15) is 0 Å². The lowest BCUT2D eigenvalue weighted by molar-refractivity contribution is 1.27. The number of fused-ring (bicyclic) bond motifs is 2. The molecule has 1 aliphatic rings.